The van der Waals surface area contributed by atoms with Crippen molar-refractivity contribution >= 4 is 27.8 Å². The van der Waals surface area contributed by atoms with Gasteiger partial charge >= 0.3 is 6.18 Å². The summed E-state index contributed by atoms with van der Waals surface area (Å²) in [4.78, 5) is 0. The van der Waals surface area contributed by atoms with Crippen molar-refractivity contribution < 1.29 is 30.7 Å². The molecule has 0 fully saturated rings. The summed E-state index contributed by atoms with van der Waals surface area (Å²) in [6, 6.07) is 3.13. The van der Waals surface area contributed by atoms with Crippen LogP contribution in [0, 0.1) is 6.92 Å². The fraction of sp³-hybridized carbons (Fsp3) is 0.400. The Kier molecular flexibility index (Phi) is 7.94. The van der Waals surface area contributed by atoms with Crippen molar-refractivity contribution in [2.45, 2.75) is 13.1 Å². The molecule has 0 aliphatic rings. The molecule has 5 nitrogen and oxygen atoms in total. The zero-order chi connectivity index (χ0) is 15.9. The molecular formula is C10H12F3NO4S2-2. The lowest BCUT2D eigenvalue weighted by Crippen LogP contribution is -2.10. The van der Waals surface area contributed by atoms with E-state index in [1.54, 1.807) is 6.92 Å². The number of anilines is 1. The summed E-state index contributed by atoms with van der Waals surface area (Å²) in [6.07, 6.45) is -3.35. The summed E-state index contributed by atoms with van der Waals surface area (Å²) in [7, 11) is 0. The molecular weight excluding hydrogens is 319 g/mol. The highest BCUT2D eigenvalue weighted by Gasteiger charge is 2.30. The van der Waals surface area contributed by atoms with Crippen LogP contribution in [0.15, 0.2) is 18.2 Å². The first-order valence-electron chi connectivity index (χ1n) is 5.02. The highest BCUT2D eigenvalue weighted by molar-refractivity contribution is 7.79. The molecule has 0 saturated heterocycles. The maximum atomic E-state index is 12.3. The number of nitrogens with one attached hydrogen (secondary N) is 1. The first-order valence-corrected chi connectivity index (χ1v) is 7.75. The lowest BCUT2D eigenvalue weighted by molar-refractivity contribution is -0.137. The van der Waals surface area contributed by atoms with Gasteiger partial charge in [-0.2, -0.15) is 13.2 Å². The molecule has 1 rings (SSSR count). The van der Waals surface area contributed by atoms with Crippen molar-refractivity contribution in [2.75, 3.05) is 17.4 Å². The molecule has 0 heterocycles. The third-order valence-corrected chi connectivity index (χ3v) is 2.33. The minimum absolute atomic E-state index is 0.166. The lowest BCUT2D eigenvalue weighted by Gasteiger charge is -2.14. The van der Waals surface area contributed by atoms with E-state index >= 15 is 0 Å². The maximum absolute atomic E-state index is 12.3. The molecule has 116 valence electrons. The van der Waals surface area contributed by atoms with Gasteiger partial charge in [0.15, 0.2) is 0 Å². The maximum Gasteiger partial charge on any atom is 0.416 e. The van der Waals surface area contributed by atoms with Crippen LogP contribution in [0.2, 0.25) is 0 Å². The molecule has 0 aliphatic heterocycles. The van der Waals surface area contributed by atoms with Gasteiger partial charge in [0.2, 0.25) is 0 Å². The van der Waals surface area contributed by atoms with Gasteiger partial charge in [-0.05, 0) is 42.0 Å². The van der Waals surface area contributed by atoms with E-state index in [1.165, 1.54) is 6.07 Å². The highest BCUT2D eigenvalue weighted by atomic mass is 32.2. The van der Waals surface area contributed by atoms with Crippen LogP contribution in [0.5, 0.6) is 0 Å². The predicted molar refractivity (Wildman–Crippen MR) is 68.4 cm³/mol. The number of hydrogen-bond acceptors (Lipinski definition) is 5. The van der Waals surface area contributed by atoms with E-state index in [0.29, 0.717) is 5.56 Å². The molecule has 0 amide bonds. The summed E-state index contributed by atoms with van der Waals surface area (Å²) < 4.78 is 75.6. The van der Waals surface area contributed by atoms with Crippen LogP contribution in [0.25, 0.3) is 0 Å². The van der Waals surface area contributed by atoms with Crippen LogP contribution < -0.4 is 5.32 Å². The Morgan fingerprint density at radius 1 is 1.25 bits per heavy atom. The first-order chi connectivity index (χ1) is 9.04. The number of aryl methyl sites for hydroxylation is 1. The van der Waals surface area contributed by atoms with Crippen LogP contribution in [-0.2, 0) is 28.3 Å². The van der Waals surface area contributed by atoms with Crippen molar-refractivity contribution in [3.05, 3.63) is 29.3 Å². The van der Waals surface area contributed by atoms with Gasteiger partial charge in [-0.25, -0.2) is 0 Å². The third-order valence-electron chi connectivity index (χ3n) is 1.95. The molecule has 2 atom stereocenters. The number of rotatable bonds is 3. The zero-order valence-corrected chi connectivity index (χ0v) is 12.2. The van der Waals surface area contributed by atoms with Crippen LogP contribution >= 0.6 is 0 Å². The van der Waals surface area contributed by atoms with E-state index < -0.39 is 39.8 Å². The number of benzene rings is 1. The van der Waals surface area contributed by atoms with Crippen molar-refractivity contribution in [1.82, 2.24) is 0 Å². The highest BCUT2D eigenvalue weighted by Crippen LogP contribution is 2.31. The van der Waals surface area contributed by atoms with Crippen molar-refractivity contribution in [2.24, 2.45) is 0 Å². The number of alkyl halides is 3. The average Bonchev–Trinajstić information content (AvgIpc) is 2.25. The monoisotopic (exact) mass is 331 g/mol. The van der Waals surface area contributed by atoms with E-state index in [9.17, 15) is 21.9 Å². The molecule has 1 aromatic carbocycles. The van der Waals surface area contributed by atoms with Gasteiger partial charge in [-0.3, -0.25) is 8.42 Å². The van der Waals surface area contributed by atoms with Gasteiger partial charge < -0.3 is 14.4 Å². The second-order valence-corrected chi connectivity index (χ2v) is 5.25. The topological polar surface area (TPSA) is 92.3 Å². The van der Waals surface area contributed by atoms with Crippen LogP contribution in [0.4, 0.5) is 18.9 Å². The average molecular weight is 331 g/mol. The second kappa shape index (κ2) is 8.35. The van der Waals surface area contributed by atoms with Gasteiger partial charge in [0, 0.05) is 5.69 Å². The Hall–Kier alpha value is -0.970. The Bertz CT molecular complexity index is 490. The van der Waals surface area contributed by atoms with Gasteiger partial charge in [0.1, 0.15) is 0 Å². The molecule has 0 aromatic heterocycles. The smallest absolute Gasteiger partial charge is 0.416 e. The SMILES string of the molecule is CS(=O)[O-].Cc1ccc(C(F)(F)F)cc1NCS(=O)[O-]. The Morgan fingerprint density at radius 2 is 1.75 bits per heavy atom. The quantitative estimate of drug-likeness (QED) is 0.852. The van der Waals surface area contributed by atoms with Crippen LogP contribution in [-0.4, -0.2) is 29.7 Å². The Balaban J connectivity index is 0.000000796. The Labute approximate surface area is 119 Å². The third kappa shape index (κ3) is 8.25. The van der Waals surface area contributed by atoms with Crippen molar-refractivity contribution in [3.8, 4) is 0 Å². The minimum atomic E-state index is -4.43. The molecule has 0 radical (unpaired) electrons. The van der Waals surface area contributed by atoms with E-state index in [2.05, 4.69) is 5.32 Å². The van der Waals surface area contributed by atoms with E-state index in [-0.39, 0.29) is 5.69 Å². The summed E-state index contributed by atoms with van der Waals surface area (Å²) in [5.74, 6) is -0.415. The summed E-state index contributed by atoms with van der Waals surface area (Å²) >= 11 is -4.21. The second-order valence-electron chi connectivity index (χ2n) is 3.55. The largest absolute Gasteiger partial charge is 0.773 e. The number of hydrogen-bond donors (Lipinski definition) is 1. The van der Waals surface area contributed by atoms with E-state index in [1.807, 2.05) is 0 Å². The molecule has 0 saturated carbocycles. The molecule has 0 aliphatic carbocycles. The van der Waals surface area contributed by atoms with Crippen LogP contribution in [0.3, 0.4) is 0 Å². The van der Waals surface area contributed by atoms with Crippen molar-refractivity contribution in [1.29, 1.82) is 0 Å². The molecule has 10 heteroatoms. The predicted octanol–water partition coefficient (Wildman–Crippen LogP) is 1.76. The lowest BCUT2D eigenvalue weighted by atomic mass is 10.1. The Morgan fingerprint density at radius 3 is 2.15 bits per heavy atom. The van der Waals surface area contributed by atoms with Gasteiger partial charge in [0.25, 0.3) is 0 Å². The summed E-state index contributed by atoms with van der Waals surface area (Å²) in [5, 5.41) is 2.41. The first kappa shape index (κ1) is 19.0. The van der Waals surface area contributed by atoms with E-state index in [4.69, 9.17) is 8.76 Å². The number of halogens is 3. The molecule has 0 bridgehead atoms. The molecule has 2 unspecified atom stereocenters. The fourth-order valence-electron chi connectivity index (χ4n) is 1.13. The van der Waals surface area contributed by atoms with E-state index in [0.717, 1.165) is 18.4 Å². The minimum Gasteiger partial charge on any atom is -0.773 e. The van der Waals surface area contributed by atoms with Crippen LogP contribution in [0.1, 0.15) is 11.1 Å². The molecule has 20 heavy (non-hydrogen) atoms. The van der Waals surface area contributed by atoms with Gasteiger partial charge in [0.05, 0.1) is 11.4 Å². The zero-order valence-electron chi connectivity index (χ0n) is 10.5. The molecule has 0 spiro atoms. The van der Waals surface area contributed by atoms with Gasteiger partial charge in [-0.15, -0.1) is 0 Å². The normalized spacial score (nSPS) is 13.9. The fourth-order valence-corrected chi connectivity index (χ4v) is 1.40. The van der Waals surface area contributed by atoms with Crippen molar-refractivity contribution in [3.63, 3.8) is 0 Å². The standard InChI is InChI=1S/C9H10F3NO2S.CH4O2S/c1-6-2-3-7(9(10,11)12)4-8(6)13-5-16(14)15;1-4(2)3/h2-4,13H,5H2,1H3,(H,14,15);1H3,(H,2,3)/p-2. The summed E-state index contributed by atoms with van der Waals surface area (Å²) in [5.41, 5.74) is -0.0882. The van der Waals surface area contributed by atoms with Gasteiger partial charge in [-0.1, -0.05) is 17.1 Å². The molecule has 1 aromatic rings. The molecule has 1 N–H and O–H groups in total. The summed E-state index contributed by atoms with van der Waals surface area (Å²) in [6.45, 7) is 1.59.